The average molecular weight is 291 g/mol. The smallest absolute Gasteiger partial charge is 0.407 e. The maximum atomic E-state index is 11.4. The molecule has 1 amide bonds. The number of carbonyl (C=O) groups excluding carboxylic acids is 2. The number of allylic oxidation sites excluding steroid dienone is 1. The number of aliphatic hydroxyl groups excluding tert-OH is 1. The van der Waals surface area contributed by atoms with Crippen LogP contribution in [0.25, 0.3) is 0 Å². The molecule has 0 aliphatic heterocycles. The molecule has 0 aliphatic rings. The largest absolute Gasteiger partial charge is 0.445 e. The first-order valence-corrected chi connectivity index (χ1v) is 6.89. The van der Waals surface area contributed by atoms with Crippen molar-refractivity contribution in [1.29, 1.82) is 0 Å². The van der Waals surface area contributed by atoms with Gasteiger partial charge in [-0.1, -0.05) is 36.4 Å². The highest BCUT2D eigenvalue weighted by Gasteiger charge is 2.03. The number of ether oxygens (including phenoxy) is 1. The summed E-state index contributed by atoms with van der Waals surface area (Å²) in [4.78, 5) is 22.1. The maximum absolute atomic E-state index is 11.4. The number of ketones is 1. The van der Waals surface area contributed by atoms with Gasteiger partial charge in [0.15, 0.2) is 5.78 Å². The van der Waals surface area contributed by atoms with Crippen LogP contribution in [0, 0.1) is 0 Å². The van der Waals surface area contributed by atoms with Gasteiger partial charge in [-0.05, 0) is 31.4 Å². The molecule has 0 bridgehead atoms. The molecule has 5 heteroatoms. The second-order valence-electron chi connectivity index (χ2n) is 4.67. The first-order chi connectivity index (χ1) is 10.1. The number of hydrogen-bond acceptors (Lipinski definition) is 4. The molecule has 0 saturated heterocycles. The van der Waals surface area contributed by atoms with Crippen LogP contribution in [-0.4, -0.2) is 29.6 Å². The minimum Gasteiger partial charge on any atom is -0.445 e. The third-order valence-electron chi connectivity index (χ3n) is 2.71. The highest BCUT2D eigenvalue weighted by atomic mass is 16.5. The van der Waals surface area contributed by atoms with Crippen LogP contribution >= 0.6 is 0 Å². The molecule has 0 radical (unpaired) electrons. The molecule has 0 spiro atoms. The molecule has 0 aliphatic carbocycles. The number of benzene rings is 1. The lowest BCUT2D eigenvalue weighted by Gasteiger charge is -2.08. The Bertz CT molecular complexity index is 470. The molecule has 2 N–H and O–H groups in total. The molecule has 1 unspecified atom stereocenters. The number of hydrogen-bond donors (Lipinski definition) is 2. The molecule has 1 atom stereocenters. The van der Waals surface area contributed by atoms with Gasteiger partial charge in [0.05, 0.1) is 6.10 Å². The van der Waals surface area contributed by atoms with Crippen LogP contribution in [0.4, 0.5) is 4.79 Å². The van der Waals surface area contributed by atoms with Crippen LogP contribution in [0.3, 0.4) is 0 Å². The van der Waals surface area contributed by atoms with E-state index >= 15 is 0 Å². The minimum atomic E-state index is -0.670. The Balaban J connectivity index is 2.09. The van der Waals surface area contributed by atoms with Gasteiger partial charge in [-0.25, -0.2) is 4.79 Å². The van der Waals surface area contributed by atoms with E-state index in [0.717, 1.165) is 5.56 Å². The van der Waals surface area contributed by atoms with Gasteiger partial charge in [-0.15, -0.1) is 0 Å². The van der Waals surface area contributed by atoms with Gasteiger partial charge in [0.1, 0.15) is 6.61 Å². The summed E-state index contributed by atoms with van der Waals surface area (Å²) in [5, 5.41) is 12.1. The molecular formula is C16H21NO4. The fourth-order valence-corrected chi connectivity index (χ4v) is 1.62. The highest BCUT2D eigenvalue weighted by Crippen LogP contribution is 2.01. The number of aliphatic hydroxyl groups is 1. The van der Waals surface area contributed by atoms with Crippen molar-refractivity contribution in [2.75, 3.05) is 6.54 Å². The van der Waals surface area contributed by atoms with Crippen molar-refractivity contribution in [3.63, 3.8) is 0 Å². The summed E-state index contributed by atoms with van der Waals surface area (Å²) in [7, 11) is 0. The molecule has 0 heterocycles. The van der Waals surface area contributed by atoms with Crippen molar-refractivity contribution in [3.8, 4) is 0 Å². The van der Waals surface area contributed by atoms with Crippen LogP contribution in [0.2, 0.25) is 0 Å². The first-order valence-electron chi connectivity index (χ1n) is 6.89. The maximum Gasteiger partial charge on any atom is 0.407 e. The van der Waals surface area contributed by atoms with Crippen LogP contribution in [0.1, 0.15) is 25.3 Å². The molecule has 21 heavy (non-hydrogen) atoms. The highest BCUT2D eigenvalue weighted by molar-refractivity contribution is 5.87. The normalized spacial score (nSPS) is 12.1. The van der Waals surface area contributed by atoms with E-state index in [1.54, 1.807) is 0 Å². The van der Waals surface area contributed by atoms with Gasteiger partial charge in [0, 0.05) is 6.54 Å². The number of alkyl carbamates (subject to hydrolysis) is 1. The second-order valence-corrected chi connectivity index (χ2v) is 4.67. The summed E-state index contributed by atoms with van der Waals surface area (Å²) in [6, 6.07) is 9.42. The molecule has 1 aromatic rings. The second kappa shape index (κ2) is 9.72. The van der Waals surface area contributed by atoms with Crippen molar-refractivity contribution in [3.05, 3.63) is 48.0 Å². The number of amides is 1. The third-order valence-corrected chi connectivity index (χ3v) is 2.71. The molecule has 0 fully saturated rings. The monoisotopic (exact) mass is 291 g/mol. The molecule has 1 aromatic carbocycles. The summed E-state index contributed by atoms with van der Waals surface area (Å²) in [5.41, 5.74) is 0.928. The van der Waals surface area contributed by atoms with Gasteiger partial charge in [0.25, 0.3) is 0 Å². The standard InChI is InChI=1S/C16H21NO4/c1-13(18)9-10-15(19)8-5-11-17-16(20)21-12-14-6-3-2-4-7-14/h2-4,6-7,9-10,15,19H,5,8,11-12H2,1H3,(H,17,20)/b10-9+. The van der Waals surface area contributed by atoms with E-state index in [-0.39, 0.29) is 12.4 Å². The zero-order valence-corrected chi connectivity index (χ0v) is 12.1. The summed E-state index contributed by atoms with van der Waals surface area (Å²) >= 11 is 0. The number of carbonyl (C=O) groups is 2. The fraction of sp³-hybridized carbons (Fsp3) is 0.375. The van der Waals surface area contributed by atoms with Gasteiger partial charge >= 0.3 is 6.09 Å². The zero-order chi connectivity index (χ0) is 15.5. The molecule has 0 saturated carbocycles. The molecule has 0 aromatic heterocycles. The first kappa shape index (κ1) is 16.9. The van der Waals surface area contributed by atoms with E-state index in [1.165, 1.54) is 19.1 Å². The van der Waals surface area contributed by atoms with E-state index < -0.39 is 12.2 Å². The number of rotatable bonds is 8. The third kappa shape index (κ3) is 8.60. The van der Waals surface area contributed by atoms with Crippen molar-refractivity contribution < 1.29 is 19.4 Å². The predicted molar refractivity (Wildman–Crippen MR) is 79.7 cm³/mol. The molecule has 5 nitrogen and oxygen atoms in total. The average Bonchev–Trinajstić information content (AvgIpc) is 2.48. The molecule has 114 valence electrons. The minimum absolute atomic E-state index is 0.100. The fourth-order valence-electron chi connectivity index (χ4n) is 1.62. The topological polar surface area (TPSA) is 75.6 Å². The van der Waals surface area contributed by atoms with Crippen LogP contribution in [0.15, 0.2) is 42.5 Å². The van der Waals surface area contributed by atoms with Crippen molar-refractivity contribution in [2.45, 2.75) is 32.5 Å². The van der Waals surface area contributed by atoms with Crippen LogP contribution < -0.4 is 5.32 Å². The van der Waals surface area contributed by atoms with Gasteiger partial charge < -0.3 is 15.2 Å². The summed E-state index contributed by atoms with van der Waals surface area (Å²) < 4.78 is 5.04. The molecular weight excluding hydrogens is 270 g/mol. The van der Waals surface area contributed by atoms with Gasteiger partial charge in [0.2, 0.25) is 0 Å². The summed E-state index contributed by atoms with van der Waals surface area (Å²) in [6.07, 6.45) is 2.72. The van der Waals surface area contributed by atoms with E-state index in [9.17, 15) is 14.7 Å². The van der Waals surface area contributed by atoms with E-state index in [1.807, 2.05) is 30.3 Å². The van der Waals surface area contributed by atoms with Crippen molar-refractivity contribution in [2.24, 2.45) is 0 Å². The SMILES string of the molecule is CC(=O)/C=C/C(O)CCCNC(=O)OCc1ccccc1. The zero-order valence-electron chi connectivity index (χ0n) is 12.1. The van der Waals surface area contributed by atoms with E-state index in [2.05, 4.69) is 5.32 Å². The van der Waals surface area contributed by atoms with Gasteiger partial charge in [-0.3, -0.25) is 4.79 Å². The van der Waals surface area contributed by atoms with Crippen LogP contribution in [-0.2, 0) is 16.1 Å². The Hall–Kier alpha value is -2.14. The summed E-state index contributed by atoms with van der Waals surface area (Å²) in [5.74, 6) is -0.100. The van der Waals surface area contributed by atoms with Crippen molar-refractivity contribution in [1.82, 2.24) is 5.32 Å². The van der Waals surface area contributed by atoms with Crippen molar-refractivity contribution >= 4 is 11.9 Å². The predicted octanol–water partition coefficient (Wildman–Crippen LogP) is 2.20. The lowest BCUT2D eigenvalue weighted by Crippen LogP contribution is -2.25. The van der Waals surface area contributed by atoms with E-state index in [0.29, 0.717) is 19.4 Å². The lowest BCUT2D eigenvalue weighted by molar-refractivity contribution is -0.112. The molecule has 1 rings (SSSR count). The Morgan fingerprint density at radius 1 is 1.33 bits per heavy atom. The summed E-state index contributed by atoms with van der Waals surface area (Å²) in [6.45, 7) is 2.07. The Morgan fingerprint density at radius 2 is 2.05 bits per heavy atom. The number of nitrogens with one attached hydrogen (secondary N) is 1. The Labute approximate surface area is 124 Å². The van der Waals surface area contributed by atoms with Gasteiger partial charge in [-0.2, -0.15) is 0 Å². The quantitative estimate of drug-likeness (QED) is 0.568. The lowest BCUT2D eigenvalue weighted by atomic mass is 10.2. The van der Waals surface area contributed by atoms with E-state index in [4.69, 9.17) is 4.74 Å². The van der Waals surface area contributed by atoms with Crippen LogP contribution in [0.5, 0.6) is 0 Å². The Kier molecular flexibility index (Phi) is 7.82. The Morgan fingerprint density at radius 3 is 2.71 bits per heavy atom.